The van der Waals surface area contributed by atoms with Gasteiger partial charge in [0.1, 0.15) is 5.75 Å². The molecule has 0 radical (unpaired) electrons. The summed E-state index contributed by atoms with van der Waals surface area (Å²) < 4.78 is 22.5. The highest BCUT2D eigenvalue weighted by atomic mass is 16.4. The van der Waals surface area contributed by atoms with Gasteiger partial charge in [-0.1, -0.05) is 12.1 Å². The summed E-state index contributed by atoms with van der Waals surface area (Å²) in [5.41, 5.74) is 0.349. The maximum atomic E-state index is 10.5. The van der Waals surface area contributed by atoms with E-state index in [2.05, 4.69) is 0 Å². The van der Waals surface area contributed by atoms with Gasteiger partial charge in [-0.2, -0.15) is 0 Å². The molecule has 1 unspecified atom stereocenters. The predicted octanol–water partition coefficient (Wildman–Crippen LogP) is 1.16. The Morgan fingerprint density at radius 1 is 1.60 bits per heavy atom. The maximum absolute atomic E-state index is 10.5. The van der Waals surface area contributed by atoms with E-state index in [1.807, 2.05) is 0 Å². The van der Waals surface area contributed by atoms with Gasteiger partial charge >= 0.3 is 5.97 Å². The molecular weight excluding hydrogens is 196 g/mol. The summed E-state index contributed by atoms with van der Waals surface area (Å²) in [7, 11) is 0. The van der Waals surface area contributed by atoms with Gasteiger partial charge in [0.2, 0.25) is 0 Å². The first-order valence-corrected chi connectivity index (χ1v) is 4.36. The number of rotatable bonds is 5. The fourth-order valence-electron chi connectivity index (χ4n) is 1.10. The van der Waals surface area contributed by atoms with E-state index in [1.165, 1.54) is 24.3 Å². The van der Waals surface area contributed by atoms with Gasteiger partial charge in [0, 0.05) is 9.16 Å². The molecule has 15 heavy (non-hydrogen) atoms. The molecule has 4 nitrogen and oxygen atoms in total. The van der Waals surface area contributed by atoms with Crippen molar-refractivity contribution in [1.82, 2.24) is 0 Å². The Bertz CT molecular complexity index is 446. The fraction of sp³-hybridized carbons (Fsp3) is 0.364. The molecule has 0 bridgehead atoms. The second kappa shape index (κ2) is 5.36. The van der Waals surface area contributed by atoms with Crippen LogP contribution in [0.4, 0.5) is 0 Å². The topological polar surface area (TPSA) is 77.8 Å². The van der Waals surface area contributed by atoms with E-state index in [9.17, 15) is 15.0 Å². The predicted molar refractivity (Wildman–Crippen MR) is 54.7 cm³/mol. The lowest BCUT2D eigenvalue weighted by molar-refractivity contribution is -0.137. The van der Waals surface area contributed by atoms with Crippen LogP contribution >= 0.6 is 0 Å². The molecule has 0 saturated carbocycles. The van der Waals surface area contributed by atoms with Crippen LogP contribution in [-0.4, -0.2) is 27.4 Å². The van der Waals surface area contributed by atoms with Crippen molar-refractivity contribution in [2.45, 2.75) is 25.3 Å². The highest BCUT2D eigenvalue weighted by Crippen LogP contribution is 2.14. The molecular formula is C11H14O4. The summed E-state index contributed by atoms with van der Waals surface area (Å²) in [6.45, 7) is 0. The number of hydrogen-bond acceptors (Lipinski definition) is 3. The Labute approximate surface area is 92.0 Å². The summed E-state index contributed by atoms with van der Waals surface area (Å²) in [4.78, 5) is 10.5. The molecule has 0 fully saturated rings. The number of phenols is 1. The van der Waals surface area contributed by atoms with Crippen molar-refractivity contribution in [2.24, 2.45) is 0 Å². The first-order valence-electron chi connectivity index (χ1n) is 5.86. The normalized spacial score (nSPS) is 18.3. The zero-order chi connectivity index (χ0) is 14.0. The summed E-state index contributed by atoms with van der Waals surface area (Å²) >= 11 is 0. The number of carboxylic acid groups (broad SMARTS) is 1. The summed E-state index contributed by atoms with van der Waals surface area (Å²) in [5.74, 6) is -1.50. The van der Waals surface area contributed by atoms with Crippen molar-refractivity contribution in [2.75, 3.05) is 0 Å². The Balaban J connectivity index is 2.90. The molecule has 3 N–H and O–H groups in total. The number of phenolic OH excluding ortho intramolecular Hbond substituents is 1. The van der Waals surface area contributed by atoms with Crippen LogP contribution in [0.15, 0.2) is 24.3 Å². The highest BCUT2D eigenvalue weighted by molar-refractivity contribution is 5.66. The zero-order valence-corrected chi connectivity index (χ0v) is 7.97. The van der Waals surface area contributed by atoms with Crippen molar-refractivity contribution < 1.29 is 24.2 Å². The number of aliphatic hydroxyl groups is 1. The SMILES string of the molecule is [2H]C([2H])(CC(=O)O)C([2H])(O)Cc1cccc(O)c1. The number of aromatic hydroxyl groups is 1. The smallest absolute Gasteiger partial charge is 0.303 e. The van der Waals surface area contributed by atoms with Gasteiger partial charge in [0.05, 0.1) is 7.45 Å². The number of hydrogen-bond donors (Lipinski definition) is 3. The Hall–Kier alpha value is -1.55. The highest BCUT2D eigenvalue weighted by Gasteiger charge is 2.08. The lowest BCUT2D eigenvalue weighted by Gasteiger charge is -2.09. The van der Waals surface area contributed by atoms with Crippen LogP contribution in [0.25, 0.3) is 0 Å². The first-order chi connectivity index (χ1) is 8.14. The standard InChI is InChI=1S/C11H14O4/c12-9-3-1-2-8(6-9)7-10(13)4-5-11(14)15/h1-3,6,10,12-13H,4-5,7H2,(H,14,15)/i4D2,10D. The molecule has 0 heterocycles. The third-order valence-corrected chi connectivity index (χ3v) is 1.73. The van der Waals surface area contributed by atoms with Crippen LogP contribution in [0.3, 0.4) is 0 Å². The van der Waals surface area contributed by atoms with Crippen LogP contribution in [-0.2, 0) is 11.2 Å². The Morgan fingerprint density at radius 3 is 2.93 bits per heavy atom. The number of aliphatic carboxylic acids is 1. The van der Waals surface area contributed by atoms with E-state index in [0.29, 0.717) is 5.56 Å². The fourth-order valence-corrected chi connectivity index (χ4v) is 1.10. The lowest BCUT2D eigenvalue weighted by atomic mass is 10.0. The minimum absolute atomic E-state index is 0.0675. The minimum atomic E-state index is -2.59. The van der Waals surface area contributed by atoms with Gasteiger partial charge in [0.25, 0.3) is 0 Å². The molecule has 0 aromatic heterocycles. The summed E-state index contributed by atoms with van der Waals surface area (Å²) in [6, 6.07) is 5.69. The molecule has 4 heteroatoms. The average molecular weight is 213 g/mol. The number of carboxylic acids is 1. The van der Waals surface area contributed by atoms with E-state index in [-0.39, 0.29) is 5.75 Å². The van der Waals surface area contributed by atoms with Crippen LogP contribution in [0.2, 0.25) is 0 Å². The second-order valence-corrected chi connectivity index (χ2v) is 3.04. The van der Waals surface area contributed by atoms with Gasteiger partial charge in [0.15, 0.2) is 0 Å². The summed E-state index contributed by atoms with van der Waals surface area (Å²) in [5, 5.41) is 27.6. The van der Waals surface area contributed by atoms with E-state index < -0.39 is 31.3 Å². The van der Waals surface area contributed by atoms with Crippen LogP contribution in [0.5, 0.6) is 5.75 Å². The third kappa shape index (κ3) is 4.46. The maximum Gasteiger partial charge on any atom is 0.303 e. The Kier molecular flexibility index (Phi) is 2.75. The largest absolute Gasteiger partial charge is 0.508 e. The van der Waals surface area contributed by atoms with Gasteiger partial charge in [-0.15, -0.1) is 0 Å². The van der Waals surface area contributed by atoms with Gasteiger partial charge < -0.3 is 15.3 Å². The molecule has 0 spiro atoms. The molecule has 0 aliphatic carbocycles. The van der Waals surface area contributed by atoms with E-state index >= 15 is 0 Å². The van der Waals surface area contributed by atoms with Crippen molar-refractivity contribution in [3.8, 4) is 5.75 Å². The average Bonchev–Trinajstić information content (AvgIpc) is 2.13. The van der Waals surface area contributed by atoms with Gasteiger partial charge in [-0.05, 0) is 30.5 Å². The molecule has 1 aromatic carbocycles. The quantitative estimate of drug-likeness (QED) is 0.686. The number of carbonyl (C=O) groups is 1. The molecule has 0 saturated heterocycles. The van der Waals surface area contributed by atoms with Crippen LogP contribution in [0.1, 0.15) is 22.5 Å². The first kappa shape index (κ1) is 7.70. The molecule has 0 aliphatic heterocycles. The molecule has 0 aliphatic rings. The molecule has 82 valence electrons. The molecule has 1 aromatic rings. The number of benzene rings is 1. The van der Waals surface area contributed by atoms with E-state index in [1.54, 1.807) is 0 Å². The monoisotopic (exact) mass is 213 g/mol. The minimum Gasteiger partial charge on any atom is -0.508 e. The van der Waals surface area contributed by atoms with E-state index in [0.717, 1.165) is 0 Å². The second-order valence-electron chi connectivity index (χ2n) is 3.04. The van der Waals surface area contributed by atoms with Crippen molar-refractivity contribution >= 4 is 5.97 Å². The molecule has 1 rings (SSSR count). The molecule has 0 amide bonds. The third-order valence-electron chi connectivity index (χ3n) is 1.73. The van der Waals surface area contributed by atoms with Gasteiger partial charge in [-0.3, -0.25) is 4.79 Å². The van der Waals surface area contributed by atoms with Gasteiger partial charge in [-0.25, -0.2) is 0 Å². The van der Waals surface area contributed by atoms with Crippen LogP contribution in [0, 0.1) is 0 Å². The van der Waals surface area contributed by atoms with Crippen molar-refractivity contribution in [3.05, 3.63) is 29.8 Å². The summed E-state index contributed by atoms with van der Waals surface area (Å²) in [6.07, 6.45) is -6.56. The Morgan fingerprint density at radius 2 is 2.33 bits per heavy atom. The molecule has 1 atom stereocenters. The van der Waals surface area contributed by atoms with Crippen molar-refractivity contribution in [1.29, 1.82) is 0 Å². The van der Waals surface area contributed by atoms with E-state index in [4.69, 9.17) is 9.22 Å². The van der Waals surface area contributed by atoms with Crippen molar-refractivity contribution in [3.63, 3.8) is 0 Å². The van der Waals surface area contributed by atoms with Crippen LogP contribution < -0.4 is 0 Å². The lowest BCUT2D eigenvalue weighted by Crippen LogP contribution is -2.12. The zero-order valence-electron chi connectivity index (χ0n) is 11.0.